The summed E-state index contributed by atoms with van der Waals surface area (Å²) in [5.74, 6) is -0.488. The third-order valence-corrected chi connectivity index (χ3v) is 3.88. The van der Waals surface area contributed by atoms with Gasteiger partial charge in [0.2, 0.25) is 5.91 Å². The van der Waals surface area contributed by atoms with Crippen LogP contribution in [0.1, 0.15) is 51.9 Å². The first-order valence-corrected chi connectivity index (χ1v) is 7.18. The molecule has 2 rings (SSSR count). The first kappa shape index (κ1) is 15.3. The zero-order valence-electron chi connectivity index (χ0n) is 12.7. The van der Waals surface area contributed by atoms with Gasteiger partial charge in [0.05, 0.1) is 6.54 Å². The fraction of sp³-hybridized carbons (Fsp3) is 0.533. The number of aromatic amines is 1. The SMILES string of the molecule is CC(=O)c1c(C)[nH]c(C(=O)NCC(=O)N2CCCC2)c1C. The molecule has 2 amide bonds. The van der Waals surface area contributed by atoms with Crippen molar-refractivity contribution in [2.45, 2.75) is 33.6 Å². The summed E-state index contributed by atoms with van der Waals surface area (Å²) in [5, 5.41) is 2.62. The Hall–Kier alpha value is -2.11. The van der Waals surface area contributed by atoms with Crippen molar-refractivity contribution in [2.75, 3.05) is 19.6 Å². The predicted octanol–water partition coefficient (Wildman–Crippen LogP) is 1.19. The van der Waals surface area contributed by atoms with Gasteiger partial charge in [-0.1, -0.05) is 0 Å². The summed E-state index contributed by atoms with van der Waals surface area (Å²) in [6, 6.07) is 0. The molecule has 0 atom stereocenters. The Labute approximate surface area is 123 Å². The first-order chi connectivity index (χ1) is 9.91. The van der Waals surface area contributed by atoms with Gasteiger partial charge in [0.15, 0.2) is 5.78 Å². The van der Waals surface area contributed by atoms with Crippen molar-refractivity contribution in [2.24, 2.45) is 0 Å². The summed E-state index contributed by atoms with van der Waals surface area (Å²) in [5.41, 5.74) is 2.21. The quantitative estimate of drug-likeness (QED) is 0.817. The number of Topliss-reactive ketones (excluding diaryl/α,β-unsaturated/α-hetero) is 1. The number of H-pyrrole nitrogens is 1. The molecule has 2 N–H and O–H groups in total. The molecule has 0 aliphatic carbocycles. The third-order valence-electron chi connectivity index (χ3n) is 3.88. The monoisotopic (exact) mass is 291 g/mol. The van der Waals surface area contributed by atoms with Gasteiger partial charge in [0.25, 0.3) is 5.91 Å². The van der Waals surface area contributed by atoms with Gasteiger partial charge >= 0.3 is 0 Å². The molecule has 6 heteroatoms. The van der Waals surface area contributed by atoms with Crippen molar-refractivity contribution < 1.29 is 14.4 Å². The van der Waals surface area contributed by atoms with E-state index < -0.39 is 0 Å². The molecule has 0 bridgehead atoms. The van der Waals surface area contributed by atoms with Gasteiger partial charge in [-0.15, -0.1) is 0 Å². The number of aryl methyl sites for hydroxylation is 1. The van der Waals surface area contributed by atoms with Gasteiger partial charge in [-0.05, 0) is 39.2 Å². The molecular weight excluding hydrogens is 270 g/mol. The van der Waals surface area contributed by atoms with Gasteiger partial charge in [0, 0.05) is 24.3 Å². The Morgan fingerprint density at radius 2 is 1.81 bits per heavy atom. The van der Waals surface area contributed by atoms with Crippen LogP contribution in [0.3, 0.4) is 0 Å². The minimum Gasteiger partial charge on any atom is -0.354 e. The van der Waals surface area contributed by atoms with E-state index in [0.29, 0.717) is 22.5 Å². The van der Waals surface area contributed by atoms with E-state index >= 15 is 0 Å². The topological polar surface area (TPSA) is 82.3 Å². The summed E-state index contributed by atoms with van der Waals surface area (Å²) in [7, 11) is 0. The standard InChI is InChI=1S/C15H21N3O3/c1-9-13(11(3)19)10(2)17-14(9)15(21)16-8-12(20)18-6-4-5-7-18/h17H,4-8H2,1-3H3,(H,16,21). The highest BCUT2D eigenvalue weighted by atomic mass is 16.2. The van der Waals surface area contributed by atoms with E-state index in [1.807, 2.05) is 0 Å². The number of rotatable bonds is 4. The van der Waals surface area contributed by atoms with E-state index in [-0.39, 0.29) is 24.1 Å². The Kier molecular flexibility index (Phi) is 4.45. The summed E-state index contributed by atoms with van der Waals surface area (Å²) in [6.07, 6.45) is 2.05. The second-order valence-corrected chi connectivity index (χ2v) is 5.45. The van der Waals surface area contributed by atoms with Gasteiger partial charge in [0.1, 0.15) is 5.69 Å². The van der Waals surface area contributed by atoms with Crippen LogP contribution in [-0.4, -0.2) is 47.1 Å². The Morgan fingerprint density at radius 3 is 2.33 bits per heavy atom. The van der Waals surface area contributed by atoms with Crippen molar-refractivity contribution in [3.63, 3.8) is 0 Å². The number of aromatic nitrogens is 1. The molecule has 1 fully saturated rings. The highest BCUT2D eigenvalue weighted by Crippen LogP contribution is 2.18. The lowest BCUT2D eigenvalue weighted by Crippen LogP contribution is -2.38. The van der Waals surface area contributed by atoms with Gasteiger partial charge < -0.3 is 15.2 Å². The molecule has 1 aromatic rings. The normalized spacial score (nSPS) is 14.3. The molecule has 1 saturated heterocycles. The van der Waals surface area contributed by atoms with Crippen LogP contribution in [0.4, 0.5) is 0 Å². The molecule has 21 heavy (non-hydrogen) atoms. The summed E-state index contributed by atoms with van der Waals surface area (Å²) in [4.78, 5) is 40.3. The maximum absolute atomic E-state index is 12.1. The van der Waals surface area contributed by atoms with Crippen LogP contribution in [0, 0.1) is 13.8 Å². The molecule has 114 valence electrons. The molecule has 0 spiro atoms. The second-order valence-electron chi connectivity index (χ2n) is 5.45. The minimum absolute atomic E-state index is 0.00819. The summed E-state index contributed by atoms with van der Waals surface area (Å²) in [6.45, 7) is 6.49. The minimum atomic E-state index is -0.351. The average molecular weight is 291 g/mol. The van der Waals surface area contributed by atoms with E-state index in [1.165, 1.54) is 6.92 Å². The van der Waals surface area contributed by atoms with E-state index in [4.69, 9.17) is 0 Å². The van der Waals surface area contributed by atoms with Gasteiger partial charge in [-0.25, -0.2) is 0 Å². The molecule has 1 aliphatic rings. The highest BCUT2D eigenvalue weighted by molar-refractivity contribution is 6.03. The molecule has 0 unspecified atom stereocenters. The molecule has 1 aliphatic heterocycles. The molecular formula is C15H21N3O3. The zero-order valence-corrected chi connectivity index (χ0v) is 12.7. The van der Waals surface area contributed by atoms with Crippen molar-refractivity contribution in [1.82, 2.24) is 15.2 Å². The number of nitrogens with zero attached hydrogens (tertiary/aromatic N) is 1. The van der Waals surface area contributed by atoms with Crippen LogP contribution in [0.5, 0.6) is 0 Å². The predicted molar refractivity (Wildman–Crippen MR) is 78.4 cm³/mol. The van der Waals surface area contributed by atoms with Crippen molar-refractivity contribution in [1.29, 1.82) is 0 Å². The summed E-state index contributed by atoms with van der Waals surface area (Å²) < 4.78 is 0. The number of likely N-dealkylation sites (tertiary alicyclic amines) is 1. The lowest BCUT2D eigenvalue weighted by atomic mass is 10.1. The van der Waals surface area contributed by atoms with Crippen molar-refractivity contribution in [3.8, 4) is 0 Å². The molecule has 0 saturated carbocycles. The largest absolute Gasteiger partial charge is 0.354 e. The molecule has 2 heterocycles. The third kappa shape index (κ3) is 3.15. The molecule has 0 aromatic carbocycles. The van der Waals surface area contributed by atoms with Crippen LogP contribution >= 0.6 is 0 Å². The van der Waals surface area contributed by atoms with Gasteiger partial charge in [-0.3, -0.25) is 14.4 Å². The van der Waals surface area contributed by atoms with Crippen molar-refractivity contribution in [3.05, 3.63) is 22.5 Å². The van der Waals surface area contributed by atoms with Crippen LogP contribution in [0.15, 0.2) is 0 Å². The molecule has 1 aromatic heterocycles. The van der Waals surface area contributed by atoms with Crippen LogP contribution in [-0.2, 0) is 4.79 Å². The lowest BCUT2D eigenvalue weighted by molar-refractivity contribution is -0.129. The second kappa shape index (κ2) is 6.11. The average Bonchev–Trinajstić information content (AvgIpc) is 3.03. The van der Waals surface area contributed by atoms with E-state index in [0.717, 1.165) is 25.9 Å². The number of nitrogens with one attached hydrogen (secondary N) is 2. The molecule has 6 nitrogen and oxygen atoms in total. The summed E-state index contributed by atoms with van der Waals surface area (Å²) >= 11 is 0. The highest BCUT2D eigenvalue weighted by Gasteiger charge is 2.22. The number of carbonyl (C=O) groups is 3. The molecule has 0 radical (unpaired) electrons. The number of hydrogen-bond acceptors (Lipinski definition) is 3. The maximum atomic E-state index is 12.1. The fourth-order valence-corrected chi connectivity index (χ4v) is 2.83. The first-order valence-electron chi connectivity index (χ1n) is 7.18. The van der Waals surface area contributed by atoms with Crippen LogP contribution < -0.4 is 5.32 Å². The lowest BCUT2D eigenvalue weighted by Gasteiger charge is -2.15. The Bertz CT molecular complexity index is 583. The van der Waals surface area contributed by atoms with E-state index in [1.54, 1.807) is 18.7 Å². The number of amides is 2. The van der Waals surface area contributed by atoms with Crippen LogP contribution in [0.2, 0.25) is 0 Å². The number of ketones is 1. The fourth-order valence-electron chi connectivity index (χ4n) is 2.83. The van der Waals surface area contributed by atoms with Crippen LogP contribution in [0.25, 0.3) is 0 Å². The zero-order chi connectivity index (χ0) is 15.6. The van der Waals surface area contributed by atoms with E-state index in [2.05, 4.69) is 10.3 Å². The van der Waals surface area contributed by atoms with Crippen molar-refractivity contribution >= 4 is 17.6 Å². The maximum Gasteiger partial charge on any atom is 0.268 e. The Morgan fingerprint density at radius 1 is 1.19 bits per heavy atom. The Balaban J connectivity index is 2.02. The smallest absolute Gasteiger partial charge is 0.268 e. The number of carbonyl (C=O) groups excluding carboxylic acids is 3. The number of hydrogen-bond donors (Lipinski definition) is 2. The van der Waals surface area contributed by atoms with Gasteiger partial charge in [-0.2, -0.15) is 0 Å². The van der Waals surface area contributed by atoms with E-state index in [9.17, 15) is 14.4 Å².